The van der Waals surface area contributed by atoms with E-state index in [-0.39, 0.29) is 12.5 Å². The molecular weight excluding hydrogens is 260 g/mol. The first-order chi connectivity index (χ1) is 9.26. The first-order valence-corrected chi connectivity index (χ1v) is 7.06. The predicted molar refractivity (Wildman–Crippen MR) is 80.0 cm³/mol. The largest absolute Gasteiger partial charge is 0.480 e. The van der Waals surface area contributed by atoms with E-state index >= 15 is 0 Å². The SMILES string of the molecule is CCCCCN(C)CC(=O)O.CNC(C(=O)O)C(C)C. The summed E-state index contributed by atoms with van der Waals surface area (Å²) in [6.45, 7) is 6.92. The highest BCUT2D eigenvalue weighted by atomic mass is 16.4. The molecule has 6 nitrogen and oxygen atoms in total. The highest BCUT2D eigenvalue weighted by molar-refractivity contribution is 5.73. The van der Waals surface area contributed by atoms with E-state index in [1.54, 1.807) is 7.05 Å². The summed E-state index contributed by atoms with van der Waals surface area (Å²) in [7, 11) is 3.49. The lowest BCUT2D eigenvalue weighted by Gasteiger charge is -2.13. The summed E-state index contributed by atoms with van der Waals surface area (Å²) in [4.78, 5) is 22.3. The van der Waals surface area contributed by atoms with E-state index in [2.05, 4.69) is 12.2 Å². The lowest BCUT2D eigenvalue weighted by Crippen LogP contribution is -2.38. The van der Waals surface area contributed by atoms with Gasteiger partial charge in [-0.05, 0) is 33.0 Å². The molecule has 0 amide bonds. The van der Waals surface area contributed by atoms with Crippen LogP contribution >= 0.6 is 0 Å². The Balaban J connectivity index is 0. The minimum absolute atomic E-state index is 0.146. The Bertz CT molecular complexity index is 270. The second-order valence-corrected chi connectivity index (χ2v) is 5.19. The Morgan fingerprint density at radius 1 is 1.20 bits per heavy atom. The Hall–Kier alpha value is -1.14. The van der Waals surface area contributed by atoms with Crippen LogP contribution in [-0.4, -0.2) is 60.3 Å². The molecule has 0 aromatic heterocycles. The summed E-state index contributed by atoms with van der Waals surface area (Å²) >= 11 is 0. The summed E-state index contributed by atoms with van der Waals surface area (Å²) in [6.07, 6.45) is 3.46. The van der Waals surface area contributed by atoms with E-state index in [1.807, 2.05) is 25.8 Å². The summed E-state index contributed by atoms with van der Waals surface area (Å²) in [5, 5.41) is 19.6. The maximum atomic E-state index is 10.3. The molecule has 0 aliphatic rings. The molecule has 0 aliphatic heterocycles. The van der Waals surface area contributed by atoms with Gasteiger partial charge in [0.2, 0.25) is 0 Å². The molecule has 20 heavy (non-hydrogen) atoms. The van der Waals surface area contributed by atoms with Crippen LogP contribution in [0.15, 0.2) is 0 Å². The third-order valence-corrected chi connectivity index (χ3v) is 2.79. The molecular formula is C14H30N2O4. The van der Waals surface area contributed by atoms with E-state index in [4.69, 9.17) is 10.2 Å². The van der Waals surface area contributed by atoms with Crippen molar-refractivity contribution >= 4 is 11.9 Å². The third kappa shape index (κ3) is 13.3. The number of nitrogens with zero attached hydrogens (tertiary/aromatic N) is 1. The zero-order valence-electron chi connectivity index (χ0n) is 13.3. The van der Waals surface area contributed by atoms with Crippen LogP contribution in [0, 0.1) is 5.92 Å². The maximum Gasteiger partial charge on any atom is 0.320 e. The number of aliphatic carboxylic acids is 2. The van der Waals surface area contributed by atoms with Crippen LogP contribution in [0.25, 0.3) is 0 Å². The lowest BCUT2D eigenvalue weighted by atomic mass is 10.1. The second-order valence-electron chi connectivity index (χ2n) is 5.19. The van der Waals surface area contributed by atoms with Gasteiger partial charge in [0.1, 0.15) is 6.04 Å². The van der Waals surface area contributed by atoms with Crippen molar-refractivity contribution in [1.82, 2.24) is 10.2 Å². The van der Waals surface area contributed by atoms with Crippen LogP contribution in [0.4, 0.5) is 0 Å². The molecule has 0 spiro atoms. The fourth-order valence-corrected chi connectivity index (χ4v) is 1.68. The summed E-state index contributed by atoms with van der Waals surface area (Å²) in [6, 6.07) is -0.412. The molecule has 0 saturated heterocycles. The van der Waals surface area contributed by atoms with Crippen LogP contribution in [0.5, 0.6) is 0 Å². The molecule has 6 heteroatoms. The number of likely N-dealkylation sites (N-methyl/N-ethyl adjacent to an activating group) is 2. The minimum atomic E-state index is -0.785. The second kappa shape index (κ2) is 12.9. The van der Waals surface area contributed by atoms with Crippen molar-refractivity contribution in [3.05, 3.63) is 0 Å². The fourth-order valence-electron chi connectivity index (χ4n) is 1.68. The zero-order chi connectivity index (χ0) is 16.1. The Morgan fingerprint density at radius 2 is 1.75 bits per heavy atom. The summed E-state index contributed by atoms with van der Waals surface area (Å²) < 4.78 is 0. The van der Waals surface area contributed by atoms with E-state index in [1.165, 1.54) is 12.8 Å². The van der Waals surface area contributed by atoms with Gasteiger partial charge in [-0.25, -0.2) is 0 Å². The average molecular weight is 290 g/mol. The van der Waals surface area contributed by atoms with Gasteiger partial charge in [0.05, 0.1) is 6.54 Å². The van der Waals surface area contributed by atoms with Crippen molar-refractivity contribution < 1.29 is 19.8 Å². The number of hydrogen-bond acceptors (Lipinski definition) is 4. The zero-order valence-corrected chi connectivity index (χ0v) is 13.3. The number of rotatable bonds is 9. The van der Waals surface area contributed by atoms with Gasteiger partial charge in [0.15, 0.2) is 0 Å². The van der Waals surface area contributed by atoms with E-state index in [9.17, 15) is 9.59 Å². The Kier molecular flexibility index (Phi) is 13.6. The van der Waals surface area contributed by atoms with E-state index < -0.39 is 18.0 Å². The molecule has 0 heterocycles. The number of carboxylic acid groups (broad SMARTS) is 2. The van der Waals surface area contributed by atoms with E-state index in [0.717, 1.165) is 13.0 Å². The van der Waals surface area contributed by atoms with Crippen molar-refractivity contribution in [3.8, 4) is 0 Å². The quantitative estimate of drug-likeness (QED) is 0.558. The average Bonchev–Trinajstić information content (AvgIpc) is 2.28. The predicted octanol–water partition coefficient (Wildman–Crippen LogP) is 1.51. The first kappa shape index (κ1) is 21.2. The monoisotopic (exact) mass is 290 g/mol. The number of carbonyl (C=O) groups is 2. The van der Waals surface area contributed by atoms with Crippen molar-refractivity contribution in [2.24, 2.45) is 5.92 Å². The maximum absolute atomic E-state index is 10.3. The molecule has 1 unspecified atom stereocenters. The van der Waals surface area contributed by atoms with Crippen LogP contribution < -0.4 is 5.32 Å². The van der Waals surface area contributed by atoms with Crippen LogP contribution in [0.3, 0.4) is 0 Å². The minimum Gasteiger partial charge on any atom is -0.480 e. The van der Waals surface area contributed by atoms with Crippen molar-refractivity contribution in [3.63, 3.8) is 0 Å². The van der Waals surface area contributed by atoms with Gasteiger partial charge in [-0.1, -0.05) is 33.6 Å². The van der Waals surface area contributed by atoms with Gasteiger partial charge < -0.3 is 15.5 Å². The van der Waals surface area contributed by atoms with Crippen molar-refractivity contribution in [2.75, 3.05) is 27.2 Å². The van der Waals surface area contributed by atoms with Crippen molar-refractivity contribution in [1.29, 1.82) is 0 Å². The molecule has 0 aromatic carbocycles. The molecule has 1 atom stereocenters. The first-order valence-electron chi connectivity index (χ1n) is 7.06. The van der Waals surface area contributed by atoms with Gasteiger partial charge in [-0.3, -0.25) is 14.5 Å². The Morgan fingerprint density at radius 3 is 2.00 bits per heavy atom. The number of nitrogens with one attached hydrogen (secondary N) is 1. The van der Waals surface area contributed by atoms with Gasteiger partial charge in [0.25, 0.3) is 0 Å². The molecule has 0 saturated carbocycles. The van der Waals surface area contributed by atoms with Crippen LogP contribution in [0.1, 0.15) is 40.0 Å². The van der Waals surface area contributed by atoms with Crippen molar-refractivity contribution in [2.45, 2.75) is 46.1 Å². The Labute approximate surface area is 122 Å². The van der Waals surface area contributed by atoms with E-state index in [0.29, 0.717) is 0 Å². The summed E-state index contributed by atoms with van der Waals surface area (Å²) in [5.41, 5.74) is 0. The van der Waals surface area contributed by atoms with Crippen LogP contribution in [0.2, 0.25) is 0 Å². The standard InChI is InChI=1S/C8H17NO2.C6H13NO2/c1-3-4-5-6-9(2)7-8(10)11;1-4(2)5(7-3)6(8)9/h3-7H2,1-2H3,(H,10,11);4-5,7H,1-3H3,(H,8,9). The molecule has 120 valence electrons. The third-order valence-electron chi connectivity index (χ3n) is 2.79. The topological polar surface area (TPSA) is 89.9 Å². The number of carboxylic acids is 2. The number of hydrogen-bond donors (Lipinski definition) is 3. The normalized spacial score (nSPS) is 11.9. The summed E-state index contributed by atoms with van der Waals surface area (Å²) in [5.74, 6) is -1.39. The van der Waals surface area contributed by atoms with Gasteiger partial charge in [-0.15, -0.1) is 0 Å². The molecule has 0 fully saturated rings. The lowest BCUT2D eigenvalue weighted by molar-refractivity contribution is -0.140. The molecule has 0 bridgehead atoms. The highest BCUT2D eigenvalue weighted by Gasteiger charge is 2.17. The molecule has 0 rings (SSSR count). The van der Waals surface area contributed by atoms with Gasteiger partial charge in [-0.2, -0.15) is 0 Å². The fraction of sp³-hybridized carbons (Fsp3) is 0.857. The van der Waals surface area contributed by atoms with Crippen LogP contribution in [-0.2, 0) is 9.59 Å². The smallest absolute Gasteiger partial charge is 0.320 e. The molecule has 0 aliphatic carbocycles. The molecule has 0 aromatic rings. The number of unbranched alkanes of at least 4 members (excludes halogenated alkanes) is 2. The van der Waals surface area contributed by atoms with Gasteiger partial charge in [0, 0.05) is 0 Å². The molecule has 0 radical (unpaired) electrons. The molecule has 3 N–H and O–H groups in total. The highest BCUT2D eigenvalue weighted by Crippen LogP contribution is 1.99. The van der Waals surface area contributed by atoms with Gasteiger partial charge >= 0.3 is 11.9 Å².